The van der Waals surface area contributed by atoms with E-state index < -0.39 is 45.5 Å². The van der Waals surface area contributed by atoms with Gasteiger partial charge >= 0.3 is 12.1 Å². The third kappa shape index (κ3) is 4.31. The van der Waals surface area contributed by atoms with Gasteiger partial charge in [-0.05, 0) is 61.2 Å². The third-order valence-electron chi connectivity index (χ3n) is 6.29. The molecule has 0 aromatic heterocycles. The molecule has 2 aliphatic rings. The van der Waals surface area contributed by atoms with Crippen molar-refractivity contribution in [2.75, 3.05) is 24.5 Å². The Morgan fingerprint density at radius 1 is 1.12 bits per heavy atom. The van der Waals surface area contributed by atoms with Gasteiger partial charge in [-0.15, -0.1) is 0 Å². The van der Waals surface area contributed by atoms with Gasteiger partial charge in [0.1, 0.15) is 5.82 Å². The number of alkyl halides is 3. The first-order chi connectivity index (χ1) is 15.4. The fourth-order valence-corrected chi connectivity index (χ4v) is 6.25. The number of aryl methyl sites for hydroxylation is 1. The van der Waals surface area contributed by atoms with Gasteiger partial charge in [-0.2, -0.15) is 17.5 Å². The van der Waals surface area contributed by atoms with E-state index >= 15 is 0 Å². The zero-order valence-electron chi connectivity index (χ0n) is 17.6. The van der Waals surface area contributed by atoms with Crippen LogP contribution in [-0.2, 0) is 27.4 Å². The number of halogens is 4. The largest absolute Gasteiger partial charge is 0.481 e. The van der Waals surface area contributed by atoms with E-state index in [1.165, 1.54) is 22.5 Å². The summed E-state index contributed by atoms with van der Waals surface area (Å²) in [5.41, 5.74) is 0.224. The fourth-order valence-electron chi connectivity index (χ4n) is 4.60. The second-order valence-electron chi connectivity index (χ2n) is 8.36. The lowest BCUT2D eigenvalue weighted by atomic mass is 10.0. The van der Waals surface area contributed by atoms with Crippen molar-refractivity contribution in [2.24, 2.45) is 0 Å². The maximum Gasteiger partial charge on any atom is 0.419 e. The second kappa shape index (κ2) is 8.28. The highest BCUT2D eigenvalue weighted by Crippen LogP contribution is 2.36. The Morgan fingerprint density at radius 3 is 2.45 bits per heavy atom. The average molecular weight is 486 g/mol. The first kappa shape index (κ1) is 23.5. The van der Waals surface area contributed by atoms with Crippen molar-refractivity contribution in [3.8, 4) is 0 Å². The maximum absolute atomic E-state index is 14.0. The number of carboxylic acid groups (broad SMARTS) is 1. The lowest BCUT2D eigenvalue weighted by Crippen LogP contribution is -2.54. The van der Waals surface area contributed by atoms with E-state index in [-0.39, 0.29) is 30.2 Å². The minimum Gasteiger partial charge on any atom is -0.481 e. The number of fused-ring (bicyclic) bond motifs is 1. The average Bonchev–Trinajstić information content (AvgIpc) is 3.16. The highest BCUT2D eigenvalue weighted by atomic mass is 32.2. The molecule has 0 radical (unpaired) electrons. The molecule has 2 aromatic carbocycles. The first-order valence-electron chi connectivity index (χ1n) is 10.4. The molecular weight excluding hydrogens is 464 g/mol. The molecule has 4 rings (SSSR count). The van der Waals surface area contributed by atoms with Crippen molar-refractivity contribution in [2.45, 2.75) is 42.8 Å². The molecule has 2 aromatic rings. The molecule has 0 amide bonds. The van der Waals surface area contributed by atoms with E-state index in [1.54, 1.807) is 17.9 Å². The highest BCUT2D eigenvalue weighted by molar-refractivity contribution is 7.89. The van der Waals surface area contributed by atoms with Crippen molar-refractivity contribution in [1.82, 2.24) is 4.31 Å². The minimum atomic E-state index is -4.79. The van der Waals surface area contributed by atoms with Crippen LogP contribution in [0.5, 0.6) is 0 Å². The van der Waals surface area contributed by atoms with Crippen LogP contribution in [0.3, 0.4) is 0 Å². The predicted molar refractivity (Wildman–Crippen MR) is 112 cm³/mol. The Balaban J connectivity index is 1.54. The predicted octanol–water partition coefficient (Wildman–Crippen LogP) is 3.86. The molecule has 0 bridgehead atoms. The Labute approximate surface area is 188 Å². The molecular formula is C22H22F4N2O4S. The van der Waals surface area contributed by atoms with Gasteiger partial charge < -0.3 is 10.0 Å². The molecule has 33 heavy (non-hydrogen) atoms. The Morgan fingerprint density at radius 2 is 1.85 bits per heavy atom. The lowest BCUT2D eigenvalue weighted by Gasteiger charge is -2.40. The SMILES string of the molecule is CC1CN(c2ccc(C(F)(F)F)c(F)c2)CCN1S(=O)(=O)c1ccc2c(c1)C(C(=O)O)CC2. The van der Waals surface area contributed by atoms with Crippen LogP contribution in [0.2, 0.25) is 0 Å². The number of aliphatic carboxylic acids is 1. The quantitative estimate of drug-likeness (QED) is 0.665. The Bertz CT molecular complexity index is 1200. The zero-order chi connectivity index (χ0) is 24.1. The van der Waals surface area contributed by atoms with Crippen molar-refractivity contribution in [1.29, 1.82) is 0 Å². The van der Waals surface area contributed by atoms with Crippen molar-refractivity contribution in [3.05, 3.63) is 58.9 Å². The van der Waals surface area contributed by atoms with E-state index in [0.29, 0.717) is 24.5 Å². The molecule has 2 atom stereocenters. The van der Waals surface area contributed by atoms with Crippen LogP contribution < -0.4 is 4.90 Å². The van der Waals surface area contributed by atoms with Gasteiger partial charge in [-0.3, -0.25) is 4.79 Å². The van der Waals surface area contributed by atoms with Gasteiger partial charge in [-0.1, -0.05) is 6.07 Å². The molecule has 1 N–H and O–H groups in total. The number of sulfonamides is 1. The van der Waals surface area contributed by atoms with Gasteiger partial charge in [0, 0.05) is 31.4 Å². The summed E-state index contributed by atoms with van der Waals surface area (Å²) in [6, 6.07) is 6.68. The standard InChI is InChI=1S/C22H22F4N2O4S/c1-13-12-27(15-4-7-19(20(23)10-15)22(24,25)26)8-9-28(13)33(31,32)16-5-2-14-3-6-17(21(29)30)18(14)11-16/h2,4-5,7,10-11,13,17H,3,6,8-9,12H2,1H3,(H,29,30). The molecule has 2 unspecified atom stereocenters. The molecule has 1 aliphatic carbocycles. The summed E-state index contributed by atoms with van der Waals surface area (Å²) >= 11 is 0. The van der Waals surface area contributed by atoms with Crippen LogP contribution in [0, 0.1) is 5.82 Å². The first-order valence-corrected chi connectivity index (χ1v) is 11.8. The summed E-state index contributed by atoms with van der Waals surface area (Å²) < 4.78 is 80.3. The summed E-state index contributed by atoms with van der Waals surface area (Å²) in [6.45, 7) is 2.03. The van der Waals surface area contributed by atoms with Crippen molar-refractivity contribution < 1.29 is 35.9 Å². The summed E-state index contributed by atoms with van der Waals surface area (Å²) in [5, 5.41) is 9.41. The van der Waals surface area contributed by atoms with E-state index in [9.17, 15) is 35.9 Å². The van der Waals surface area contributed by atoms with Crippen molar-refractivity contribution in [3.63, 3.8) is 0 Å². The van der Waals surface area contributed by atoms with Gasteiger partial charge in [0.2, 0.25) is 10.0 Å². The fraction of sp³-hybridized carbons (Fsp3) is 0.409. The Kier molecular flexibility index (Phi) is 5.90. The molecule has 178 valence electrons. The molecule has 1 saturated heterocycles. The van der Waals surface area contributed by atoms with Crippen LogP contribution in [0.4, 0.5) is 23.2 Å². The summed E-state index contributed by atoms with van der Waals surface area (Å²) in [7, 11) is -3.93. The number of benzene rings is 2. The molecule has 0 saturated carbocycles. The minimum absolute atomic E-state index is 0.00951. The summed E-state index contributed by atoms with van der Waals surface area (Å²) in [5.74, 6) is -3.11. The van der Waals surface area contributed by atoms with E-state index in [4.69, 9.17) is 0 Å². The number of nitrogens with zero attached hydrogens (tertiary/aromatic N) is 2. The van der Waals surface area contributed by atoms with Gasteiger partial charge in [-0.25, -0.2) is 12.8 Å². The normalized spacial score (nSPS) is 21.8. The van der Waals surface area contributed by atoms with Crippen LogP contribution >= 0.6 is 0 Å². The number of anilines is 1. The number of rotatable bonds is 4. The van der Waals surface area contributed by atoms with Crippen molar-refractivity contribution >= 4 is 21.7 Å². The molecule has 1 heterocycles. The van der Waals surface area contributed by atoms with E-state index in [2.05, 4.69) is 0 Å². The monoisotopic (exact) mass is 486 g/mol. The Hall–Kier alpha value is -2.66. The second-order valence-corrected chi connectivity index (χ2v) is 10.3. The van der Waals surface area contributed by atoms with Crippen LogP contribution in [0.1, 0.15) is 36.0 Å². The molecule has 1 aliphatic heterocycles. The highest BCUT2D eigenvalue weighted by Gasteiger charge is 2.37. The third-order valence-corrected chi connectivity index (χ3v) is 8.30. The topological polar surface area (TPSA) is 77.9 Å². The van der Waals surface area contributed by atoms with E-state index in [0.717, 1.165) is 11.6 Å². The summed E-state index contributed by atoms with van der Waals surface area (Å²) in [4.78, 5) is 13.1. The van der Waals surface area contributed by atoms with Gasteiger partial charge in [0.15, 0.2) is 0 Å². The molecule has 0 spiro atoms. The van der Waals surface area contributed by atoms with Crippen LogP contribution in [-0.4, -0.2) is 49.5 Å². The van der Waals surface area contributed by atoms with E-state index in [1.807, 2.05) is 0 Å². The summed E-state index contributed by atoms with van der Waals surface area (Å²) in [6.07, 6.45) is -3.80. The number of carbonyl (C=O) groups is 1. The molecule has 6 nitrogen and oxygen atoms in total. The smallest absolute Gasteiger partial charge is 0.419 e. The number of hydrogen-bond acceptors (Lipinski definition) is 4. The van der Waals surface area contributed by atoms with Gasteiger partial charge in [0.25, 0.3) is 0 Å². The lowest BCUT2D eigenvalue weighted by molar-refractivity contribution is -0.140. The van der Waals surface area contributed by atoms with Crippen LogP contribution in [0.25, 0.3) is 0 Å². The number of carboxylic acids is 1. The maximum atomic E-state index is 14.0. The zero-order valence-corrected chi connectivity index (χ0v) is 18.5. The van der Waals surface area contributed by atoms with Crippen LogP contribution in [0.15, 0.2) is 41.3 Å². The molecule has 1 fully saturated rings. The number of piperazine rings is 1. The van der Waals surface area contributed by atoms with Gasteiger partial charge in [0.05, 0.1) is 16.4 Å². The number of hydrogen-bond donors (Lipinski definition) is 1. The molecule has 11 heteroatoms.